The first kappa shape index (κ1) is 27.8. The molecule has 0 bridgehead atoms. The van der Waals surface area contributed by atoms with Crippen molar-refractivity contribution in [1.29, 1.82) is 0 Å². The molecule has 1 aromatic heterocycles. The molecule has 4 rings (SSSR count). The lowest BCUT2D eigenvalue weighted by Gasteiger charge is -2.31. The first-order chi connectivity index (χ1) is 18.0. The van der Waals surface area contributed by atoms with Gasteiger partial charge in [0.2, 0.25) is 5.91 Å². The fourth-order valence-electron chi connectivity index (χ4n) is 4.14. The van der Waals surface area contributed by atoms with Gasteiger partial charge in [-0.05, 0) is 55.8 Å². The van der Waals surface area contributed by atoms with Crippen molar-refractivity contribution in [2.24, 2.45) is 0 Å². The van der Waals surface area contributed by atoms with Gasteiger partial charge in [-0.3, -0.25) is 4.79 Å². The van der Waals surface area contributed by atoms with E-state index in [1.807, 2.05) is 22.7 Å². The highest BCUT2D eigenvalue weighted by Crippen LogP contribution is 2.24. The fraction of sp³-hybridized carbons (Fsp3) is 0.375. The van der Waals surface area contributed by atoms with Crippen LogP contribution in [-0.4, -0.2) is 80.9 Å². The number of nitrogens with one attached hydrogen (secondary N) is 2. The number of amides is 3. The number of piperazine rings is 1. The molecule has 0 unspecified atom stereocenters. The summed E-state index contributed by atoms with van der Waals surface area (Å²) in [5.41, 5.74) is 3.19. The van der Waals surface area contributed by atoms with Crippen molar-refractivity contribution in [3.63, 3.8) is 0 Å². The van der Waals surface area contributed by atoms with Crippen molar-refractivity contribution in [1.82, 2.24) is 24.2 Å². The Kier molecular flexibility index (Phi) is 8.55. The van der Waals surface area contributed by atoms with E-state index in [1.54, 1.807) is 17.6 Å². The SMILES string of the molecule is CN1CCN(S(=O)(=O)NC(=O)N[C@@H](CCc2cc(F)cc(F)c2)C(=O)N(C)c2ccc3scnc3c2)CC1. The summed E-state index contributed by atoms with van der Waals surface area (Å²) in [5.74, 6) is -2.07. The fourth-order valence-corrected chi connectivity index (χ4v) is 5.86. The minimum absolute atomic E-state index is 0.0347. The lowest BCUT2D eigenvalue weighted by atomic mass is 10.0. The van der Waals surface area contributed by atoms with E-state index in [4.69, 9.17) is 0 Å². The summed E-state index contributed by atoms with van der Waals surface area (Å²) >= 11 is 1.45. The van der Waals surface area contributed by atoms with E-state index < -0.39 is 39.8 Å². The molecule has 204 valence electrons. The maximum absolute atomic E-state index is 13.7. The van der Waals surface area contributed by atoms with Gasteiger partial charge in [0.15, 0.2) is 0 Å². The van der Waals surface area contributed by atoms with Gasteiger partial charge in [-0.15, -0.1) is 11.3 Å². The van der Waals surface area contributed by atoms with Crippen LogP contribution in [0.2, 0.25) is 0 Å². The highest BCUT2D eigenvalue weighted by molar-refractivity contribution is 7.87. The van der Waals surface area contributed by atoms with E-state index in [-0.39, 0.29) is 25.9 Å². The number of carbonyl (C=O) groups is 2. The van der Waals surface area contributed by atoms with Crippen LogP contribution in [0.1, 0.15) is 12.0 Å². The number of carbonyl (C=O) groups excluding carboxylic acids is 2. The molecule has 3 aromatic rings. The molecule has 0 radical (unpaired) electrons. The van der Waals surface area contributed by atoms with Crippen LogP contribution in [0.15, 0.2) is 41.9 Å². The Bertz CT molecular complexity index is 1410. The number of thiazole rings is 1. The van der Waals surface area contributed by atoms with Crippen LogP contribution in [0.5, 0.6) is 0 Å². The van der Waals surface area contributed by atoms with Crippen molar-refractivity contribution < 1.29 is 26.8 Å². The van der Waals surface area contributed by atoms with E-state index in [9.17, 15) is 26.8 Å². The summed E-state index contributed by atoms with van der Waals surface area (Å²) < 4.78 is 56.9. The Labute approximate surface area is 223 Å². The smallest absolute Gasteiger partial charge is 0.325 e. The molecule has 0 saturated carbocycles. The maximum Gasteiger partial charge on any atom is 0.330 e. The number of fused-ring (bicyclic) bond motifs is 1. The van der Waals surface area contributed by atoms with Crippen molar-refractivity contribution in [3.8, 4) is 0 Å². The zero-order valence-electron chi connectivity index (χ0n) is 20.9. The average molecular weight is 567 g/mol. The normalized spacial score (nSPS) is 15.8. The van der Waals surface area contributed by atoms with Crippen LogP contribution in [0.4, 0.5) is 19.3 Å². The van der Waals surface area contributed by atoms with Gasteiger partial charge in [0.25, 0.3) is 0 Å². The number of hydrogen-bond acceptors (Lipinski definition) is 7. The Hall–Kier alpha value is -3.20. The Morgan fingerprint density at radius 3 is 2.47 bits per heavy atom. The van der Waals surface area contributed by atoms with Crippen molar-refractivity contribution >= 4 is 49.4 Å². The second-order valence-corrected chi connectivity index (χ2v) is 11.6. The van der Waals surface area contributed by atoms with Crippen molar-refractivity contribution in [3.05, 3.63) is 59.1 Å². The Morgan fingerprint density at radius 2 is 1.79 bits per heavy atom. The highest BCUT2D eigenvalue weighted by atomic mass is 32.2. The Balaban J connectivity index is 1.51. The number of nitrogens with zero attached hydrogens (tertiary/aromatic N) is 4. The number of rotatable bonds is 8. The van der Waals surface area contributed by atoms with Gasteiger partial charge < -0.3 is 15.1 Å². The highest BCUT2D eigenvalue weighted by Gasteiger charge is 2.30. The summed E-state index contributed by atoms with van der Waals surface area (Å²) in [5, 5.41) is 2.44. The number of benzene rings is 2. The third-order valence-electron chi connectivity index (χ3n) is 6.30. The first-order valence-electron chi connectivity index (χ1n) is 11.8. The topological polar surface area (TPSA) is 115 Å². The summed E-state index contributed by atoms with van der Waals surface area (Å²) in [6.45, 7) is 1.47. The monoisotopic (exact) mass is 566 g/mol. The third-order valence-corrected chi connectivity index (χ3v) is 8.60. The number of anilines is 1. The van der Waals surface area contributed by atoms with Crippen LogP contribution in [0, 0.1) is 11.6 Å². The van der Waals surface area contributed by atoms with Gasteiger partial charge in [0, 0.05) is 45.0 Å². The molecule has 38 heavy (non-hydrogen) atoms. The summed E-state index contributed by atoms with van der Waals surface area (Å²) in [7, 11) is -0.745. The van der Waals surface area contributed by atoms with Gasteiger partial charge in [0.05, 0.1) is 15.7 Å². The second kappa shape index (κ2) is 11.7. The molecule has 1 fully saturated rings. The predicted molar refractivity (Wildman–Crippen MR) is 141 cm³/mol. The zero-order valence-corrected chi connectivity index (χ0v) is 22.5. The van der Waals surface area contributed by atoms with Crippen LogP contribution in [0.3, 0.4) is 0 Å². The molecule has 14 heteroatoms. The molecule has 0 aliphatic carbocycles. The first-order valence-corrected chi connectivity index (χ1v) is 14.2. The predicted octanol–water partition coefficient (Wildman–Crippen LogP) is 2.33. The molecule has 2 aromatic carbocycles. The van der Waals surface area contributed by atoms with E-state index in [0.29, 0.717) is 29.9 Å². The molecule has 2 N–H and O–H groups in total. The van der Waals surface area contributed by atoms with Gasteiger partial charge in [-0.1, -0.05) is 0 Å². The van der Waals surface area contributed by atoms with Gasteiger partial charge >= 0.3 is 16.2 Å². The molecular weight excluding hydrogens is 538 g/mol. The molecule has 3 amide bonds. The molecule has 1 saturated heterocycles. The molecule has 10 nitrogen and oxygen atoms in total. The maximum atomic E-state index is 13.7. The van der Waals surface area contributed by atoms with Crippen LogP contribution in [0.25, 0.3) is 10.2 Å². The standard InChI is InChI=1S/C24H28F2N6O4S2/c1-30-7-9-32(10-8-30)38(35,36)29-24(34)28-20(5-3-16-11-17(25)13-18(26)12-16)23(33)31(2)19-4-6-22-21(14-19)27-15-37-22/h4,6,11-15,20H,3,5,7-10H2,1-2H3,(H2,28,29,34)/t20-/m0/s1. The van der Waals surface area contributed by atoms with Crippen molar-refractivity contribution in [2.45, 2.75) is 18.9 Å². The van der Waals surface area contributed by atoms with Crippen molar-refractivity contribution in [2.75, 3.05) is 45.2 Å². The lowest BCUT2D eigenvalue weighted by Crippen LogP contribution is -2.56. The zero-order chi connectivity index (χ0) is 27.4. The molecule has 1 atom stereocenters. The number of urea groups is 1. The third kappa shape index (κ3) is 6.81. The van der Waals surface area contributed by atoms with Crippen LogP contribution >= 0.6 is 11.3 Å². The lowest BCUT2D eigenvalue weighted by molar-refractivity contribution is -0.120. The number of halogens is 2. The summed E-state index contributed by atoms with van der Waals surface area (Å²) in [4.78, 5) is 33.8. The number of likely N-dealkylation sites (N-methyl/N-ethyl adjacent to an activating group) is 2. The molecule has 1 aliphatic rings. The number of hydrogen-bond donors (Lipinski definition) is 2. The van der Waals surface area contributed by atoms with Crippen LogP contribution < -0.4 is 14.9 Å². The minimum Gasteiger partial charge on any atom is -0.325 e. The van der Waals surface area contributed by atoms with Gasteiger partial charge in [0.1, 0.15) is 17.7 Å². The van der Waals surface area contributed by atoms with Crippen LogP contribution in [-0.2, 0) is 21.4 Å². The van der Waals surface area contributed by atoms with Gasteiger partial charge in [-0.25, -0.2) is 23.3 Å². The van der Waals surface area contributed by atoms with Gasteiger partial charge in [-0.2, -0.15) is 12.7 Å². The number of aryl methyl sites for hydroxylation is 1. The quantitative estimate of drug-likeness (QED) is 0.433. The summed E-state index contributed by atoms with van der Waals surface area (Å²) in [6, 6.07) is 6.03. The molecular formula is C24H28F2N6O4S2. The molecule has 1 aliphatic heterocycles. The minimum atomic E-state index is -4.13. The Morgan fingerprint density at radius 1 is 1.11 bits per heavy atom. The number of aromatic nitrogens is 1. The molecule has 2 heterocycles. The van der Waals surface area contributed by atoms with E-state index in [1.165, 1.54) is 23.3 Å². The second-order valence-electron chi connectivity index (χ2n) is 9.05. The van der Waals surface area contributed by atoms with E-state index in [0.717, 1.165) is 27.2 Å². The largest absolute Gasteiger partial charge is 0.330 e. The summed E-state index contributed by atoms with van der Waals surface area (Å²) in [6.07, 6.45) is 0.0164. The van der Waals surface area contributed by atoms with E-state index >= 15 is 0 Å². The molecule has 0 spiro atoms. The van der Waals surface area contributed by atoms with E-state index in [2.05, 4.69) is 10.3 Å². The average Bonchev–Trinajstić information content (AvgIpc) is 3.33.